The number of amides is 2. The van der Waals surface area contributed by atoms with Crippen LogP contribution in [0.1, 0.15) is 12.0 Å². The van der Waals surface area contributed by atoms with Crippen molar-refractivity contribution in [2.45, 2.75) is 18.2 Å². The second kappa shape index (κ2) is 9.20. The quantitative estimate of drug-likeness (QED) is 0.530. The van der Waals surface area contributed by atoms with Gasteiger partial charge < -0.3 is 15.4 Å². The van der Waals surface area contributed by atoms with E-state index >= 15 is 0 Å². The van der Waals surface area contributed by atoms with Gasteiger partial charge in [0.05, 0.1) is 18.6 Å². The average molecular weight is 414 g/mol. The van der Waals surface area contributed by atoms with Gasteiger partial charge in [0.2, 0.25) is 11.8 Å². The Morgan fingerprint density at radius 2 is 2.10 bits per heavy atom. The molecule has 0 bridgehead atoms. The molecule has 1 atom stereocenters. The van der Waals surface area contributed by atoms with Gasteiger partial charge in [-0.15, -0.1) is 0 Å². The predicted molar refractivity (Wildman–Crippen MR) is 110 cm³/mol. The third-order valence-corrected chi connectivity index (χ3v) is 5.19. The number of hydrogen-bond acceptors (Lipinski definition) is 7. The molecule has 2 amide bonds. The molecule has 0 saturated carbocycles. The molecule has 1 aliphatic heterocycles. The van der Waals surface area contributed by atoms with E-state index in [1.54, 1.807) is 13.2 Å². The van der Waals surface area contributed by atoms with Crippen LogP contribution in [0.5, 0.6) is 5.75 Å². The highest BCUT2D eigenvalue weighted by Crippen LogP contribution is 2.25. The van der Waals surface area contributed by atoms with Crippen LogP contribution in [0.25, 0.3) is 0 Å². The first kappa shape index (κ1) is 20.3. The molecule has 0 aromatic heterocycles. The first-order valence-electron chi connectivity index (χ1n) is 8.64. The topological polar surface area (TPSA) is 123 Å². The number of hydrogen-bond donors (Lipinski definition) is 2. The first-order chi connectivity index (χ1) is 14.0. The Balaban J connectivity index is 1.58. The Morgan fingerprint density at radius 3 is 2.86 bits per heavy atom. The summed E-state index contributed by atoms with van der Waals surface area (Å²) in [5.74, 6) is -0.00819. The van der Waals surface area contributed by atoms with E-state index in [0.717, 1.165) is 5.56 Å². The molecule has 9 nitrogen and oxygen atoms in total. The van der Waals surface area contributed by atoms with Crippen LogP contribution < -0.4 is 15.4 Å². The summed E-state index contributed by atoms with van der Waals surface area (Å²) in [7, 11) is 1.58. The van der Waals surface area contributed by atoms with Crippen LogP contribution in [-0.4, -0.2) is 34.3 Å². The van der Waals surface area contributed by atoms with Crippen LogP contribution >= 0.6 is 11.8 Å². The summed E-state index contributed by atoms with van der Waals surface area (Å²) in [5, 5.41) is 15.9. The molecule has 1 heterocycles. The summed E-state index contributed by atoms with van der Waals surface area (Å²) in [4.78, 5) is 39.0. The van der Waals surface area contributed by atoms with Gasteiger partial charge in [-0.1, -0.05) is 36.0 Å². The number of thioether (sulfide) groups is 1. The van der Waals surface area contributed by atoms with Crippen molar-refractivity contribution in [1.82, 2.24) is 5.32 Å². The largest absolute Gasteiger partial charge is 0.496 e. The van der Waals surface area contributed by atoms with E-state index < -0.39 is 16.1 Å². The normalized spacial score (nSPS) is 17.1. The molecule has 2 aromatic carbocycles. The molecule has 0 aliphatic carbocycles. The monoisotopic (exact) mass is 414 g/mol. The van der Waals surface area contributed by atoms with Crippen molar-refractivity contribution in [2.24, 2.45) is 4.99 Å². The minimum atomic E-state index is -0.620. The third kappa shape index (κ3) is 5.32. The van der Waals surface area contributed by atoms with Crippen molar-refractivity contribution < 1.29 is 19.2 Å². The fourth-order valence-corrected chi connectivity index (χ4v) is 3.65. The van der Waals surface area contributed by atoms with Crippen molar-refractivity contribution in [3.05, 3.63) is 64.2 Å². The molecule has 150 valence electrons. The van der Waals surface area contributed by atoms with E-state index in [9.17, 15) is 19.7 Å². The van der Waals surface area contributed by atoms with Crippen molar-refractivity contribution in [3.8, 4) is 5.75 Å². The number of ether oxygens (including phenoxy) is 1. The molecule has 1 aliphatic rings. The summed E-state index contributed by atoms with van der Waals surface area (Å²) in [5.41, 5.74) is 1.06. The number of methoxy groups -OCH3 is 1. The number of para-hydroxylation sites is 1. The SMILES string of the molecule is COc1ccccc1CN=C1NC(=O)[C@@H](CC(=O)Nc2cccc([N+](=O)[O-])c2)S1. The first-order valence-corrected chi connectivity index (χ1v) is 9.52. The summed E-state index contributed by atoms with van der Waals surface area (Å²) in [6.07, 6.45) is -0.0765. The van der Waals surface area contributed by atoms with Crippen molar-refractivity contribution in [3.63, 3.8) is 0 Å². The number of non-ortho nitro benzene ring substituents is 1. The van der Waals surface area contributed by atoms with Gasteiger partial charge in [-0.05, 0) is 12.1 Å². The van der Waals surface area contributed by atoms with Crippen molar-refractivity contribution in [2.75, 3.05) is 12.4 Å². The molecule has 0 spiro atoms. The predicted octanol–water partition coefficient (Wildman–Crippen LogP) is 2.72. The molecule has 0 unspecified atom stereocenters. The standard InChI is InChI=1S/C19H18N4O5S/c1-28-15-8-3-2-5-12(15)11-20-19-22-18(25)16(29-19)10-17(24)21-13-6-4-7-14(9-13)23(26)27/h2-9,16H,10-11H2,1H3,(H,21,24)(H,20,22,25)/t16-/m1/s1. The number of anilines is 1. The number of nitrogens with one attached hydrogen (secondary N) is 2. The van der Waals surface area contributed by atoms with Crippen LogP contribution in [-0.2, 0) is 16.1 Å². The van der Waals surface area contributed by atoms with Crippen LogP contribution in [0, 0.1) is 10.1 Å². The minimum Gasteiger partial charge on any atom is -0.496 e. The lowest BCUT2D eigenvalue weighted by molar-refractivity contribution is -0.384. The Bertz CT molecular complexity index is 979. The third-order valence-electron chi connectivity index (χ3n) is 4.07. The summed E-state index contributed by atoms with van der Waals surface area (Å²) < 4.78 is 5.28. The number of rotatable bonds is 7. The Morgan fingerprint density at radius 1 is 1.31 bits per heavy atom. The van der Waals surface area contributed by atoms with Gasteiger partial charge in [-0.25, -0.2) is 0 Å². The average Bonchev–Trinajstić information content (AvgIpc) is 3.05. The van der Waals surface area contributed by atoms with Gasteiger partial charge in [0, 0.05) is 29.8 Å². The maximum absolute atomic E-state index is 12.2. The molecular formula is C19H18N4O5S. The second-order valence-corrected chi connectivity index (χ2v) is 7.28. The van der Waals surface area contributed by atoms with E-state index in [1.807, 2.05) is 24.3 Å². The van der Waals surface area contributed by atoms with E-state index in [0.29, 0.717) is 23.1 Å². The number of nitro groups is 1. The van der Waals surface area contributed by atoms with Gasteiger partial charge in [0.15, 0.2) is 5.17 Å². The maximum Gasteiger partial charge on any atom is 0.271 e. The van der Waals surface area contributed by atoms with E-state index in [1.165, 1.54) is 30.0 Å². The van der Waals surface area contributed by atoms with E-state index in [2.05, 4.69) is 15.6 Å². The minimum absolute atomic E-state index is 0.0765. The highest BCUT2D eigenvalue weighted by molar-refractivity contribution is 8.15. The number of benzene rings is 2. The van der Waals surface area contributed by atoms with Crippen molar-refractivity contribution in [1.29, 1.82) is 0 Å². The molecule has 1 saturated heterocycles. The zero-order chi connectivity index (χ0) is 20.8. The zero-order valence-corrected chi connectivity index (χ0v) is 16.3. The smallest absolute Gasteiger partial charge is 0.271 e. The lowest BCUT2D eigenvalue weighted by Gasteiger charge is -2.07. The number of carbonyl (C=O) groups excluding carboxylic acids is 2. The summed E-state index contributed by atoms with van der Waals surface area (Å²) >= 11 is 1.18. The molecule has 3 rings (SSSR count). The highest BCUT2D eigenvalue weighted by Gasteiger charge is 2.32. The maximum atomic E-state index is 12.2. The van der Waals surface area contributed by atoms with Gasteiger partial charge in [-0.3, -0.25) is 24.7 Å². The zero-order valence-electron chi connectivity index (χ0n) is 15.5. The number of nitrogens with zero attached hydrogens (tertiary/aromatic N) is 2. The molecule has 0 radical (unpaired) electrons. The van der Waals surface area contributed by atoms with Crippen molar-refractivity contribution >= 4 is 40.1 Å². The number of aliphatic imine (C=N–C) groups is 1. The second-order valence-electron chi connectivity index (χ2n) is 6.09. The lowest BCUT2D eigenvalue weighted by Crippen LogP contribution is -2.28. The fraction of sp³-hybridized carbons (Fsp3) is 0.211. The van der Waals surface area contributed by atoms with E-state index in [-0.39, 0.29) is 18.0 Å². The lowest BCUT2D eigenvalue weighted by atomic mass is 10.2. The molecular weight excluding hydrogens is 396 g/mol. The Kier molecular flexibility index (Phi) is 6.45. The highest BCUT2D eigenvalue weighted by atomic mass is 32.2. The molecule has 2 aromatic rings. The van der Waals surface area contributed by atoms with Crippen LogP contribution in [0.2, 0.25) is 0 Å². The molecule has 1 fully saturated rings. The molecule has 2 N–H and O–H groups in total. The Hall–Kier alpha value is -3.40. The van der Waals surface area contributed by atoms with Gasteiger partial charge >= 0.3 is 0 Å². The summed E-state index contributed by atoms with van der Waals surface area (Å²) in [6.45, 7) is 0.333. The fourth-order valence-electron chi connectivity index (χ4n) is 2.68. The van der Waals surface area contributed by atoms with Gasteiger partial charge in [-0.2, -0.15) is 0 Å². The summed E-state index contributed by atoms with van der Waals surface area (Å²) in [6, 6.07) is 13.1. The van der Waals surface area contributed by atoms with Crippen LogP contribution in [0.4, 0.5) is 11.4 Å². The van der Waals surface area contributed by atoms with Gasteiger partial charge in [0.1, 0.15) is 11.0 Å². The Labute approximate surface area is 170 Å². The number of amidine groups is 1. The van der Waals surface area contributed by atoms with Crippen LogP contribution in [0.15, 0.2) is 53.5 Å². The molecule has 10 heteroatoms. The number of carbonyl (C=O) groups is 2. The van der Waals surface area contributed by atoms with Gasteiger partial charge in [0.25, 0.3) is 5.69 Å². The number of nitro benzene ring substituents is 1. The van der Waals surface area contributed by atoms with E-state index in [4.69, 9.17) is 4.74 Å². The van der Waals surface area contributed by atoms with Crippen LogP contribution in [0.3, 0.4) is 0 Å². The molecule has 29 heavy (non-hydrogen) atoms.